The number of hydrogen-bond donors (Lipinski definition) is 0. The van der Waals surface area contributed by atoms with E-state index in [0.717, 1.165) is 0 Å². The van der Waals surface area contributed by atoms with Crippen LogP contribution in [0.15, 0.2) is 27.8 Å². The lowest BCUT2D eigenvalue weighted by molar-refractivity contribution is 0.0737. The maximum absolute atomic E-state index is 12.2. The van der Waals surface area contributed by atoms with Crippen molar-refractivity contribution in [3.63, 3.8) is 0 Å². The highest BCUT2D eigenvalue weighted by Gasteiger charge is 2.21. The molecule has 0 fully saturated rings. The van der Waals surface area contributed by atoms with Crippen molar-refractivity contribution in [1.29, 1.82) is 0 Å². The van der Waals surface area contributed by atoms with Crippen molar-refractivity contribution in [2.75, 3.05) is 20.2 Å². The average molecular weight is 337 g/mol. The lowest BCUT2D eigenvalue weighted by Gasteiger charge is -2.17. The molecular formula is C11H17BrN2O3S. The van der Waals surface area contributed by atoms with E-state index in [1.54, 1.807) is 6.20 Å². The smallest absolute Gasteiger partial charge is 0.244 e. The van der Waals surface area contributed by atoms with E-state index < -0.39 is 10.0 Å². The molecule has 0 aliphatic carbocycles. The van der Waals surface area contributed by atoms with E-state index in [1.165, 1.54) is 23.6 Å². The molecule has 0 saturated heterocycles. The first-order valence-corrected chi connectivity index (χ1v) is 7.76. The molecule has 1 aromatic heterocycles. The van der Waals surface area contributed by atoms with Gasteiger partial charge in [-0.25, -0.2) is 8.42 Å². The molecule has 18 heavy (non-hydrogen) atoms. The maximum Gasteiger partial charge on any atom is 0.244 e. The number of halogens is 1. The van der Waals surface area contributed by atoms with Crippen LogP contribution >= 0.6 is 15.9 Å². The second-order valence-electron chi connectivity index (χ2n) is 4.08. The van der Waals surface area contributed by atoms with Gasteiger partial charge in [-0.15, -0.1) is 0 Å². The Balaban J connectivity index is 2.74. The third-order valence-electron chi connectivity index (χ3n) is 2.25. The lowest BCUT2D eigenvalue weighted by atomic mass is 10.5. The number of hydrogen-bond acceptors (Lipinski definition) is 4. The molecule has 0 aliphatic heterocycles. The molecule has 1 heterocycles. The predicted molar refractivity (Wildman–Crippen MR) is 72.8 cm³/mol. The van der Waals surface area contributed by atoms with Gasteiger partial charge in [-0.3, -0.25) is 4.98 Å². The van der Waals surface area contributed by atoms with E-state index in [2.05, 4.69) is 20.9 Å². The largest absolute Gasteiger partial charge is 0.377 e. The summed E-state index contributed by atoms with van der Waals surface area (Å²) in [6.45, 7) is 4.50. The number of rotatable bonds is 6. The summed E-state index contributed by atoms with van der Waals surface area (Å²) in [6.07, 6.45) is 2.97. The van der Waals surface area contributed by atoms with Gasteiger partial charge < -0.3 is 4.74 Å². The first-order valence-electron chi connectivity index (χ1n) is 5.52. The fraction of sp³-hybridized carbons (Fsp3) is 0.545. The average Bonchev–Trinajstić information content (AvgIpc) is 2.28. The zero-order chi connectivity index (χ0) is 13.8. The van der Waals surface area contributed by atoms with E-state index in [1.807, 2.05) is 13.8 Å². The van der Waals surface area contributed by atoms with Gasteiger partial charge in [0, 0.05) is 30.5 Å². The van der Waals surface area contributed by atoms with Crippen molar-refractivity contribution in [1.82, 2.24) is 9.29 Å². The first kappa shape index (κ1) is 15.6. The first-order chi connectivity index (χ1) is 8.34. The lowest BCUT2D eigenvalue weighted by Crippen LogP contribution is -2.31. The number of nitrogens with zero attached hydrogens (tertiary/aromatic N) is 2. The maximum atomic E-state index is 12.2. The summed E-state index contributed by atoms with van der Waals surface area (Å²) in [4.78, 5) is 4.03. The molecule has 0 bridgehead atoms. The Morgan fingerprint density at radius 3 is 2.67 bits per heavy atom. The summed E-state index contributed by atoms with van der Waals surface area (Å²) in [5, 5.41) is 0. The van der Waals surface area contributed by atoms with Crippen LogP contribution in [0.5, 0.6) is 0 Å². The molecule has 7 heteroatoms. The fourth-order valence-electron chi connectivity index (χ4n) is 1.25. The van der Waals surface area contributed by atoms with Gasteiger partial charge in [-0.2, -0.15) is 4.31 Å². The Morgan fingerprint density at radius 2 is 2.11 bits per heavy atom. The molecule has 102 valence electrons. The number of aromatic nitrogens is 1. The van der Waals surface area contributed by atoms with Gasteiger partial charge in [0.05, 0.1) is 12.7 Å². The van der Waals surface area contributed by atoms with Crippen molar-refractivity contribution < 1.29 is 13.2 Å². The molecular weight excluding hydrogens is 320 g/mol. The Kier molecular flexibility index (Phi) is 5.71. The van der Waals surface area contributed by atoms with Gasteiger partial charge in [-0.1, -0.05) is 0 Å². The van der Waals surface area contributed by atoms with Crippen LogP contribution in [0.4, 0.5) is 0 Å². The Labute approximate surface area is 116 Å². The number of sulfonamides is 1. The van der Waals surface area contributed by atoms with E-state index in [-0.39, 0.29) is 11.0 Å². The molecule has 0 aliphatic rings. The van der Waals surface area contributed by atoms with Gasteiger partial charge in [0.1, 0.15) is 4.90 Å². The van der Waals surface area contributed by atoms with Crippen molar-refractivity contribution in [3.05, 3.63) is 22.9 Å². The summed E-state index contributed by atoms with van der Waals surface area (Å²) in [7, 11) is -1.97. The fourth-order valence-corrected chi connectivity index (χ4v) is 2.91. The van der Waals surface area contributed by atoms with E-state index in [9.17, 15) is 8.42 Å². The SMILES string of the molecule is CC(C)OCCN(C)S(=O)(=O)c1cncc(Br)c1. The van der Waals surface area contributed by atoms with Gasteiger partial charge >= 0.3 is 0 Å². The highest BCUT2D eigenvalue weighted by molar-refractivity contribution is 9.10. The molecule has 0 unspecified atom stereocenters. The topological polar surface area (TPSA) is 59.5 Å². The monoisotopic (exact) mass is 336 g/mol. The van der Waals surface area contributed by atoms with Gasteiger partial charge in [-0.05, 0) is 35.8 Å². The molecule has 0 aromatic carbocycles. The zero-order valence-corrected chi connectivity index (χ0v) is 13.0. The van der Waals surface area contributed by atoms with Crippen LogP contribution in [0, 0.1) is 0 Å². The molecule has 0 saturated carbocycles. The number of likely N-dealkylation sites (N-methyl/N-ethyl adjacent to an activating group) is 1. The third-order valence-corrected chi connectivity index (χ3v) is 4.50. The number of pyridine rings is 1. The second kappa shape index (κ2) is 6.60. The third kappa shape index (κ3) is 4.31. The Morgan fingerprint density at radius 1 is 1.44 bits per heavy atom. The molecule has 1 rings (SSSR count). The highest BCUT2D eigenvalue weighted by atomic mass is 79.9. The van der Waals surface area contributed by atoms with Crippen LogP contribution in [0.25, 0.3) is 0 Å². The molecule has 0 N–H and O–H groups in total. The predicted octanol–water partition coefficient (Wildman–Crippen LogP) is 1.89. The van der Waals surface area contributed by atoms with Crippen molar-refractivity contribution in [3.8, 4) is 0 Å². The quantitative estimate of drug-likeness (QED) is 0.795. The second-order valence-corrected chi connectivity index (χ2v) is 7.05. The van der Waals surface area contributed by atoms with Crippen LogP contribution in [0.1, 0.15) is 13.8 Å². The summed E-state index contributed by atoms with van der Waals surface area (Å²) in [6, 6.07) is 1.53. The van der Waals surface area contributed by atoms with Crippen LogP contribution in [-0.2, 0) is 14.8 Å². The Bertz CT molecular complexity index is 491. The Hall–Kier alpha value is -0.500. The molecule has 1 aromatic rings. The standard InChI is InChI=1S/C11H17BrN2O3S/c1-9(2)17-5-4-14(3)18(15,16)11-6-10(12)7-13-8-11/h6-9H,4-5H2,1-3H3. The minimum Gasteiger partial charge on any atom is -0.377 e. The van der Waals surface area contributed by atoms with Crippen LogP contribution < -0.4 is 0 Å². The van der Waals surface area contributed by atoms with Crippen LogP contribution in [0.3, 0.4) is 0 Å². The summed E-state index contributed by atoms with van der Waals surface area (Å²) in [5.41, 5.74) is 0. The minimum absolute atomic E-state index is 0.0913. The zero-order valence-electron chi connectivity index (χ0n) is 10.6. The van der Waals surface area contributed by atoms with Gasteiger partial charge in [0.2, 0.25) is 10.0 Å². The van der Waals surface area contributed by atoms with Crippen molar-refractivity contribution >= 4 is 26.0 Å². The number of ether oxygens (including phenoxy) is 1. The van der Waals surface area contributed by atoms with E-state index in [0.29, 0.717) is 17.6 Å². The normalized spacial score (nSPS) is 12.3. The molecule has 0 spiro atoms. The van der Waals surface area contributed by atoms with Crippen molar-refractivity contribution in [2.45, 2.75) is 24.8 Å². The van der Waals surface area contributed by atoms with Gasteiger partial charge in [0.25, 0.3) is 0 Å². The molecule has 0 atom stereocenters. The molecule has 0 amide bonds. The summed E-state index contributed by atoms with van der Waals surface area (Å²) >= 11 is 3.21. The minimum atomic E-state index is -3.50. The molecule has 5 nitrogen and oxygen atoms in total. The summed E-state index contributed by atoms with van der Waals surface area (Å²) in [5.74, 6) is 0. The highest BCUT2D eigenvalue weighted by Crippen LogP contribution is 2.17. The molecule has 0 radical (unpaired) electrons. The van der Waals surface area contributed by atoms with Crippen molar-refractivity contribution in [2.24, 2.45) is 0 Å². The van der Waals surface area contributed by atoms with E-state index >= 15 is 0 Å². The van der Waals surface area contributed by atoms with Gasteiger partial charge in [0.15, 0.2) is 0 Å². The van der Waals surface area contributed by atoms with E-state index in [4.69, 9.17) is 4.74 Å². The van der Waals surface area contributed by atoms with Crippen LogP contribution in [0.2, 0.25) is 0 Å². The van der Waals surface area contributed by atoms with Crippen LogP contribution in [-0.4, -0.2) is 44.0 Å². The summed E-state index contributed by atoms with van der Waals surface area (Å²) < 4.78 is 31.6.